The molecule has 2 N–H and O–H groups in total. The Labute approximate surface area is 173 Å². The van der Waals surface area contributed by atoms with E-state index in [9.17, 15) is 14.4 Å². The number of carbonyl (C=O) groups is 3. The van der Waals surface area contributed by atoms with Gasteiger partial charge in [-0.15, -0.1) is 0 Å². The predicted octanol–water partition coefficient (Wildman–Crippen LogP) is 1.08. The fourth-order valence-electron chi connectivity index (χ4n) is 3.98. The van der Waals surface area contributed by atoms with Crippen LogP contribution in [-0.4, -0.2) is 71.3 Å². The number of aryl methyl sites for hydroxylation is 1. The third-order valence-electron chi connectivity index (χ3n) is 5.59. The van der Waals surface area contributed by atoms with E-state index in [4.69, 9.17) is 5.11 Å². The molecule has 1 aromatic carbocycles. The van der Waals surface area contributed by atoms with Crippen LogP contribution in [0.2, 0.25) is 0 Å². The number of hydrogen-bond donors (Lipinski definition) is 2. The molecule has 0 saturated carbocycles. The summed E-state index contributed by atoms with van der Waals surface area (Å²) in [6.45, 7) is 1.58. The van der Waals surface area contributed by atoms with Gasteiger partial charge < -0.3 is 10.0 Å². The summed E-state index contributed by atoms with van der Waals surface area (Å²) in [6, 6.07) is 3.31. The molecule has 0 bridgehead atoms. The molecule has 10 heteroatoms. The second-order valence-electron chi connectivity index (χ2n) is 7.64. The van der Waals surface area contributed by atoms with E-state index >= 15 is 4.39 Å². The minimum atomic E-state index is -0.851. The number of nitrogens with zero attached hydrogens (tertiary/aromatic N) is 4. The molecule has 2 amide bonds. The third-order valence-corrected chi connectivity index (χ3v) is 5.59. The number of halogens is 1. The molecule has 30 heavy (non-hydrogen) atoms. The number of imide groups is 1. The molecule has 1 fully saturated rings. The van der Waals surface area contributed by atoms with Crippen LogP contribution < -0.4 is 10.2 Å². The molecule has 2 aromatic rings. The molecule has 0 unspecified atom stereocenters. The van der Waals surface area contributed by atoms with Crippen LogP contribution in [0.25, 0.3) is 10.9 Å². The minimum Gasteiger partial charge on any atom is -0.480 e. The fourth-order valence-corrected chi connectivity index (χ4v) is 3.98. The number of hydrogen-bond acceptors (Lipinski definition) is 6. The van der Waals surface area contributed by atoms with Crippen LogP contribution in [0.5, 0.6) is 0 Å². The van der Waals surface area contributed by atoms with Gasteiger partial charge in [0.2, 0.25) is 12.3 Å². The first kappa shape index (κ1) is 21.7. The summed E-state index contributed by atoms with van der Waals surface area (Å²) in [4.78, 5) is 36.4. The maximum Gasteiger partial charge on any atom is 0.317 e. The summed E-state index contributed by atoms with van der Waals surface area (Å²) in [6.07, 6.45) is 1.86. The molecular weight excluding hydrogens is 393 g/mol. The molecular formula is C20H26FN5O4. The van der Waals surface area contributed by atoms with Gasteiger partial charge in [0.1, 0.15) is 5.82 Å². The van der Waals surface area contributed by atoms with Crippen molar-refractivity contribution in [1.29, 1.82) is 0 Å². The minimum absolute atomic E-state index is 0.0104. The Morgan fingerprint density at radius 1 is 1.37 bits per heavy atom. The van der Waals surface area contributed by atoms with Gasteiger partial charge in [-0.25, -0.2) is 4.39 Å². The second-order valence-corrected chi connectivity index (χ2v) is 7.64. The number of aromatic nitrogens is 2. The standard InChI is InChI=1S/C20H26FN5O4/c1-24(6-5-18(28)22-12-27)20-15-9-16(21)14(10-17(15)25(2)23-20)13-3-7-26(8-4-13)11-19(29)30/h9-10,12-13H,3-8,11H2,1-2H3,(H,29,30)(H,22,27,28). The van der Waals surface area contributed by atoms with Crippen LogP contribution in [0.4, 0.5) is 10.2 Å². The highest BCUT2D eigenvalue weighted by atomic mass is 19.1. The number of aliphatic carboxylic acids is 1. The smallest absolute Gasteiger partial charge is 0.317 e. The van der Waals surface area contributed by atoms with E-state index in [1.807, 2.05) is 11.0 Å². The highest BCUT2D eigenvalue weighted by Crippen LogP contribution is 2.34. The molecule has 2 heterocycles. The number of amides is 2. The lowest BCUT2D eigenvalue weighted by Gasteiger charge is -2.31. The number of likely N-dealkylation sites (tertiary alicyclic amines) is 1. The first-order valence-corrected chi connectivity index (χ1v) is 9.84. The zero-order valence-corrected chi connectivity index (χ0v) is 17.1. The van der Waals surface area contributed by atoms with E-state index in [2.05, 4.69) is 10.4 Å². The molecule has 1 aliphatic rings. The lowest BCUT2D eigenvalue weighted by Crippen LogP contribution is -2.36. The Morgan fingerprint density at radius 2 is 2.07 bits per heavy atom. The number of carboxylic acids is 1. The van der Waals surface area contributed by atoms with Gasteiger partial charge in [0.25, 0.3) is 0 Å². The number of benzene rings is 1. The quantitative estimate of drug-likeness (QED) is 0.617. The van der Waals surface area contributed by atoms with Gasteiger partial charge >= 0.3 is 5.97 Å². The molecule has 1 aliphatic heterocycles. The van der Waals surface area contributed by atoms with Crippen LogP contribution in [0.3, 0.4) is 0 Å². The summed E-state index contributed by atoms with van der Waals surface area (Å²) >= 11 is 0. The largest absolute Gasteiger partial charge is 0.480 e. The van der Waals surface area contributed by atoms with Crippen molar-refractivity contribution in [2.24, 2.45) is 7.05 Å². The van der Waals surface area contributed by atoms with E-state index in [1.54, 1.807) is 23.7 Å². The van der Waals surface area contributed by atoms with Crippen molar-refractivity contribution in [2.75, 3.05) is 38.1 Å². The molecule has 1 aromatic heterocycles. The Balaban J connectivity index is 1.78. The van der Waals surface area contributed by atoms with Gasteiger partial charge in [-0.3, -0.25) is 29.3 Å². The van der Waals surface area contributed by atoms with Gasteiger partial charge in [0.15, 0.2) is 5.82 Å². The SMILES string of the molecule is CN(CCC(=O)NC=O)c1nn(C)c2cc(C3CCN(CC(=O)O)CC3)c(F)cc12. The van der Waals surface area contributed by atoms with Crippen molar-refractivity contribution in [3.63, 3.8) is 0 Å². The van der Waals surface area contributed by atoms with Crippen molar-refractivity contribution in [3.8, 4) is 0 Å². The lowest BCUT2D eigenvalue weighted by molar-refractivity contribution is -0.138. The summed E-state index contributed by atoms with van der Waals surface area (Å²) in [5, 5.41) is 16.2. The second kappa shape index (κ2) is 9.21. The van der Waals surface area contributed by atoms with E-state index in [1.165, 1.54) is 6.07 Å². The molecule has 0 atom stereocenters. The first-order chi connectivity index (χ1) is 14.3. The zero-order valence-electron chi connectivity index (χ0n) is 17.1. The van der Waals surface area contributed by atoms with Gasteiger partial charge in [-0.1, -0.05) is 0 Å². The number of rotatable bonds is 8. The van der Waals surface area contributed by atoms with Crippen LogP contribution in [0.15, 0.2) is 12.1 Å². The van der Waals surface area contributed by atoms with E-state index < -0.39 is 5.97 Å². The Morgan fingerprint density at radius 3 is 2.70 bits per heavy atom. The third kappa shape index (κ3) is 4.76. The summed E-state index contributed by atoms with van der Waals surface area (Å²) < 4.78 is 16.7. The van der Waals surface area contributed by atoms with Crippen LogP contribution in [0.1, 0.15) is 30.7 Å². The van der Waals surface area contributed by atoms with Crippen molar-refractivity contribution >= 4 is 35.0 Å². The summed E-state index contributed by atoms with van der Waals surface area (Å²) in [5.41, 5.74) is 1.42. The van der Waals surface area contributed by atoms with Crippen molar-refractivity contribution < 1.29 is 23.9 Å². The van der Waals surface area contributed by atoms with Gasteiger partial charge in [0.05, 0.1) is 12.1 Å². The summed E-state index contributed by atoms with van der Waals surface area (Å²) in [7, 11) is 3.55. The highest BCUT2D eigenvalue weighted by molar-refractivity contribution is 5.92. The Kier molecular flexibility index (Phi) is 6.66. The topological polar surface area (TPSA) is 108 Å². The highest BCUT2D eigenvalue weighted by Gasteiger charge is 2.25. The molecule has 0 aliphatic carbocycles. The average Bonchev–Trinajstić information content (AvgIpc) is 3.01. The predicted molar refractivity (Wildman–Crippen MR) is 109 cm³/mol. The van der Waals surface area contributed by atoms with Crippen molar-refractivity contribution in [2.45, 2.75) is 25.2 Å². The average molecular weight is 419 g/mol. The number of carboxylic acid groups (broad SMARTS) is 1. The van der Waals surface area contributed by atoms with Crippen LogP contribution in [0, 0.1) is 5.82 Å². The monoisotopic (exact) mass is 419 g/mol. The van der Waals surface area contributed by atoms with Crippen LogP contribution >= 0.6 is 0 Å². The van der Waals surface area contributed by atoms with Crippen LogP contribution in [-0.2, 0) is 21.4 Å². The normalized spacial score (nSPS) is 15.3. The molecule has 3 rings (SSSR count). The van der Waals surface area contributed by atoms with E-state index in [0.29, 0.717) is 55.7 Å². The Bertz CT molecular complexity index is 952. The number of fused-ring (bicyclic) bond motifs is 1. The van der Waals surface area contributed by atoms with E-state index in [-0.39, 0.29) is 30.6 Å². The number of piperidine rings is 1. The fraction of sp³-hybridized carbons (Fsp3) is 0.500. The van der Waals surface area contributed by atoms with Crippen molar-refractivity contribution in [1.82, 2.24) is 20.0 Å². The lowest BCUT2D eigenvalue weighted by atomic mass is 9.88. The molecule has 162 valence electrons. The van der Waals surface area contributed by atoms with Crippen molar-refractivity contribution in [3.05, 3.63) is 23.5 Å². The van der Waals surface area contributed by atoms with Gasteiger partial charge in [0, 0.05) is 32.4 Å². The zero-order chi connectivity index (χ0) is 21.8. The van der Waals surface area contributed by atoms with Gasteiger partial charge in [-0.05, 0) is 49.5 Å². The number of carbonyl (C=O) groups excluding carboxylic acids is 2. The maximum absolute atomic E-state index is 15.0. The molecule has 0 spiro atoms. The number of anilines is 1. The molecule has 9 nitrogen and oxygen atoms in total. The first-order valence-electron chi connectivity index (χ1n) is 9.84. The van der Waals surface area contributed by atoms with Gasteiger partial charge in [-0.2, -0.15) is 5.10 Å². The maximum atomic E-state index is 15.0. The number of nitrogens with one attached hydrogen (secondary N) is 1. The Hall–Kier alpha value is -3.01. The molecule has 1 saturated heterocycles. The van der Waals surface area contributed by atoms with E-state index in [0.717, 1.165) is 5.52 Å². The molecule has 0 radical (unpaired) electrons. The summed E-state index contributed by atoms with van der Waals surface area (Å²) in [5.74, 6) is -0.952.